The number of likely N-dealkylation sites (tertiary alicyclic amines) is 1. The van der Waals surface area contributed by atoms with Crippen molar-refractivity contribution >= 4 is 11.7 Å². The topological polar surface area (TPSA) is 128 Å². The highest BCUT2D eigenvalue weighted by Gasteiger charge is 2.25. The van der Waals surface area contributed by atoms with E-state index in [-0.39, 0.29) is 17.8 Å². The van der Waals surface area contributed by atoms with Gasteiger partial charge in [-0.1, -0.05) is 6.42 Å². The second-order valence-electron chi connectivity index (χ2n) is 8.90. The van der Waals surface area contributed by atoms with Gasteiger partial charge in [0, 0.05) is 42.9 Å². The summed E-state index contributed by atoms with van der Waals surface area (Å²) in [6, 6.07) is 3.75. The van der Waals surface area contributed by atoms with Crippen molar-refractivity contribution in [3.63, 3.8) is 0 Å². The Morgan fingerprint density at radius 2 is 1.94 bits per heavy atom. The molecule has 10 heteroatoms. The number of anilines is 1. The average Bonchev–Trinajstić information content (AvgIpc) is 2.86. The molecule has 0 radical (unpaired) electrons. The zero-order valence-electron chi connectivity index (χ0n) is 21.7. The Balaban J connectivity index is 1.79. The molecule has 0 bridgehead atoms. The molecule has 0 aliphatic carbocycles. The molecule has 10 nitrogen and oxygen atoms in total. The summed E-state index contributed by atoms with van der Waals surface area (Å²) in [5.41, 5.74) is 8.93. The number of nitrogens with one attached hydrogen (secondary N) is 1. The van der Waals surface area contributed by atoms with Gasteiger partial charge in [-0.25, -0.2) is 15.0 Å². The second kappa shape index (κ2) is 13.6. The average molecular weight is 496 g/mol. The maximum atomic E-state index is 12.6. The quantitative estimate of drug-likeness (QED) is 0.505. The second-order valence-corrected chi connectivity index (χ2v) is 8.90. The van der Waals surface area contributed by atoms with E-state index in [9.17, 15) is 4.79 Å². The lowest BCUT2D eigenvalue weighted by atomic mass is 10.0. The Hall–Kier alpha value is -3.37. The number of amides is 1. The summed E-state index contributed by atoms with van der Waals surface area (Å²) in [6.45, 7) is 5.92. The lowest BCUT2D eigenvalue weighted by Crippen LogP contribution is -2.47. The van der Waals surface area contributed by atoms with Crippen molar-refractivity contribution in [2.75, 3.05) is 39.6 Å². The van der Waals surface area contributed by atoms with E-state index in [1.807, 2.05) is 33.0 Å². The number of carbonyl (C=O) groups excluding carboxylic acids is 1. The highest BCUT2D eigenvalue weighted by atomic mass is 16.5. The van der Waals surface area contributed by atoms with Crippen LogP contribution in [-0.2, 0) is 16.1 Å². The number of carbonyl (C=O) groups is 1. The molecule has 1 atom stereocenters. The van der Waals surface area contributed by atoms with Crippen LogP contribution in [-0.4, -0.2) is 70.6 Å². The number of hydrogen-bond acceptors (Lipinski definition) is 9. The van der Waals surface area contributed by atoms with Gasteiger partial charge >= 0.3 is 0 Å². The lowest BCUT2D eigenvalue weighted by Gasteiger charge is -2.31. The maximum Gasteiger partial charge on any atom is 0.237 e. The number of aromatic nitrogens is 4. The molecule has 36 heavy (non-hydrogen) atoms. The van der Waals surface area contributed by atoms with E-state index in [1.54, 1.807) is 19.5 Å². The number of hydrogen-bond donors (Lipinski definition) is 2. The van der Waals surface area contributed by atoms with Gasteiger partial charge in [0.1, 0.15) is 18.2 Å². The molecule has 1 unspecified atom stereocenters. The van der Waals surface area contributed by atoms with Gasteiger partial charge in [0.2, 0.25) is 5.91 Å². The number of likely N-dealkylation sites (N-methyl/N-ethyl adjacent to an activating group) is 1. The fourth-order valence-electron chi connectivity index (χ4n) is 4.05. The fourth-order valence-corrected chi connectivity index (χ4v) is 4.05. The number of methoxy groups -OCH3 is 1. The van der Waals surface area contributed by atoms with E-state index in [0.29, 0.717) is 43.4 Å². The minimum Gasteiger partial charge on any atom is -0.491 e. The summed E-state index contributed by atoms with van der Waals surface area (Å²) in [7, 11) is 3.61. The summed E-state index contributed by atoms with van der Waals surface area (Å²) in [5, 5.41) is 3.05. The third-order valence-corrected chi connectivity index (χ3v) is 5.99. The van der Waals surface area contributed by atoms with Crippen LogP contribution in [0.1, 0.15) is 42.9 Å². The van der Waals surface area contributed by atoms with Gasteiger partial charge in [-0.05, 0) is 58.8 Å². The number of nitrogens with zero attached hydrogens (tertiary/aromatic N) is 5. The normalized spacial score (nSPS) is 15.7. The molecule has 1 aliphatic rings. The molecule has 3 rings (SSSR count). The third-order valence-electron chi connectivity index (χ3n) is 5.99. The monoisotopic (exact) mass is 495 g/mol. The van der Waals surface area contributed by atoms with Gasteiger partial charge in [0.25, 0.3) is 0 Å². The zero-order chi connectivity index (χ0) is 25.9. The van der Waals surface area contributed by atoms with Crippen LogP contribution in [0, 0.1) is 13.8 Å². The van der Waals surface area contributed by atoms with Crippen LogP contribution in [0.4, 0.5) is 5.82 Å². The molecule has 1 aliphatic heterocycles. The Labute approximate surface area is 213 Å². The predicted molar refractivity (Wildman–Crippen MR) is 139 cm³/mol. The fraction of sp³-hybridized carbons (Fsp3) is 0.500. The molecule has 1 saturated heterocycles. The summed E-state index contributed by atoms with van der Waals surface area (Å²) in [5.74, 6) is 1.51. The van der Waals surface area contributed by atoms with Gasteiger partial charge in [-0.2, -0.15) is 0 Å². The molecule has 2 aromatic rings. The molecule has 3 N–H and O–H groups in total. The first-order valence-electron chi connectivity index (χ1n) is 12.3. The number of ether oxygens (including phenoxy) is 2. The first kappa shape index (κ1) is 27.2. The standard InChI is InChI=1S/C26H37N7O3/c1-18-9-10-21(20-14-30-24(17-35-4)31-15-20)25(19(2)32-23(27)16-29-18)36-13-7-11-28-26(34)22-8-5-6-12-33(22)3/h9-10,14-16,22H,5-8,11-13,17H2,1-4H3,(H2,27,32)(H,28,34). The molecule has 3 heterocycles. The minimum absolute atomic E-state index is 0.0486. The number of piperidine rings is 1. The molecule has 0 saturated carbocycles. The van der Waals surface area contributed by atoms with Crippen molar-refractivity contribution in [1.29, 1.82) is 0 Å². The smallest absolute Gasteiger partial charge is 0.237 e. The van der Waals surface area contributed by atoms with Crippen LogP contribution in [0.5, 0.6) is 5.75 Å². The van der Waals surface area contributed by atoms with E-state index >= 15 is 0 Å². The van der Waals surface area contributed by atoms with Crippen molar-refractivity contribution in [3.8, 4) is 16.9 Å². The zero-order valence-corrected chi connectivity index (χ0v) is 21.7. The van der Waals surface area contributed by atoms with E-state index in [4.69, 9.17) is 15.2 Å². The Morgan fingerprint density at radius 3 is 2.67 bits per heavy atom. The summed E-state index contributed by atoms with van der Waals surface area (Å²) in [4.78, 5) is 32.3. The van der Waals surface area contributed by atoms with Gasteiger partial charge in [0.15, 0.2) is 5.82 Å². The largest absolute Gasteiger partial charge is 0.491 e. The van der Waals surface area contributed by atoms with Crippen LogP contribution >= 0.6 is 0 Å². The van der Waals surface area contributed by atoms with Gasteiger partial charge < -0.3 is 20.5 Å². The summed E-state index contributed by atoms with van der Waals surface area (Å²) in [6.07, 6.45) is 8.77. The Bertz CT molecular complexity index is 1080. The molecular formula is C26H37N7O3. The molecule has 2 aromatic heterocycles. The van der Waals surface area contributed by atoms with Crippen LogP contribution in [0.15, 0.2) is 30.7 Å². The minimum atomic E-state index is -0.0486. The van der Waals surface area contributed by atoms with Crippen LogP contribution in [0.3, 0.4) is 0 Å². The highest BCUT2D eigenvalue weighted by molar-refractivity contribution is 5.81. The van der Waals surface area contributed by atoms with Crippen molar-refractivity contribution in [3.05, 3.63) is 47.9 Å². The van der Waals surface area contributed by atoms with E-state index in [1.165, 1.54) is 6.20 Å². The molecule has 0 spiro atoms. The molecular weight excluding hydrogens is 458 g/mol. The molecule has 0 aromatic carbocycles. The Kier molecular flexibility index (Phi) is 10.3. The van der Waals surface area contributed by atoms with Crippen LogP contribution in [0.2, 0.25) is 0 Å². The number of rotatable bonds is 9. The maximum absolute atomic E-state index is 12.6. The first-order chi connectivity index (χ1) is 17.4. The van der Waals surface area contributed by atoms with Crippen molar-refractivity contribution in [2.45, 2.75) is 52.2 Å². The van der Waals surface area contributed by atoms with E-state index < -0.39 is 0 Å². The van der Waals surface area contributed by atoms with Crippen LogP contribution in [0.25, 0.3) is 11.1 Å². The van der Waals surface area contributed by atoms with Gasteiger partial charge in [-0.15, -0.1) is 0 Å². The van der Waals surface area contributed by atoms with Crippen molar-refractivity contribution in [2.24, 2.45) is 0 Å². The van der Waals surface area contributed by atoms with E-state index in [2.05, 4.69) is 30.2 Å². The molecule has 1 fully saturated rings. The lowest BCUT2D eigenvalue weighted by molar-refractivity contribution is -0.127. The van der Waals surface area contributed by atoms with Crippen molar-refractivity contribution < 1.29 is 14.3 Å². The predicted octanol–water partition coefficient (Wildman–Crippen LogP) is 2.77. The summed E-state index contributed by atoms with van der Waals surface area (Å²) >= 11 is 0. The molecule has 194 valence electrons. The highest BCUT2D eigenvalue weighted by Crippen LogP contribution is 2.30. The van der Waals surface area contributed by atoms with E-state index in [0.717, 1.165) is 42.6 Å². The number of nitrogens with two attached hydrogens (primary N) is 1. The number of aryl methyl sites for hydroxylation is 2. The number of nitrogen functional groups attached to an aromatic ring is 1. The third kappa shape index (κ3) is 7.82. The van der Waals surface area contributed by atoms with Gasteiger partial charge in [0.05, 0.1) is 24.5 Å². The van der Waals surface area contributed by atoms with Gasteiger partial charge in [-0.3, -0.25) is 14.7 Å². The van der Waals surface area contributed by atoms with Crippen LogP contribution < -0.4 is 15.8 Å². The van der Waals surface area contributed by atoms with Crippen molar-refractivity contribution in [1.82, 2.24) is 30.2 Å². The first-order valence-corrected chi connectivity index (χ1v) is 12.3. The molecule has 1 amide bonds. The summed E-state index contributed by atoms with van der Waals surface area (Å²) < 4.78 is 11.4. The SMILES string of the molecule is COCc1ncc(-c2ccc(C)ncc(N)nc(C)c2OCCCNC(=O)C2CCCCN2C)cn1. The Morgan fingerprint density at radius 1 is 1.17 bits per heavy atom.